The fraction of sp³-hybridized carbons (Fsp3) is 0.400. The molecule has 0 aliphatic heterocycles. The van der Waals surface area contributed by atoms with Gasteiger partial charge in [0.25, 0.3) is 0 Å². The van der Waals surface area contributed by atoms with Gasteiger partial charge in [-0.25, -0.2) is 0 Å². The molecule has 0 atom stereocenters. The van der Waals surface area contributed by atoms with Crippen molar-refractivity contribution in [2.75, 3.05) is 24.5 Å². The number of hydrogen-bond acceptors (Lipinski definition) is 3. The monoisotopic (exact) mass is 180 g/mol. The minimum atomic E-state index is 0.745. The highest BCUT2D eigenvalue weighted by Crippen LogP contribution is 2.23. The molecule has 72 valence electrons. The van der Waals surface area contributed by atoms with Crippen molar-refractivity contribution in [3.05, 3.63) is 23.8 Å². The average Bonchev–Trinajstić information content (AvgIpc) is 2.13. The van der Waals surface area contributed by atoms with Gasteiger partial charge >= 0.3 is 0 Å². The molecule has 0 unspecified atom stereocenters. The first-order chi connectivity index (χ1) is 6.19. The van der Waals surface area contributed by atoms with E-state index in [1.165, 1.54) is 5.56 Å². The van der Waals surface area contributed by atoms with Gasteiger partial charge in [-0.1, -0.05) is 6.07 Å². The molecule has 0 fully saturated rings. The van der Waals surface area contributed by atoms with Crippen LogP contribution in [0.1, 0.15) is 12.5 Å². The Morgan fingerprint density at radius 1 is 1.46 bits per heavy atom. The van der Waals surface area contributed by atoms with Crippen LogP contribution in [-0.4, -0.2) is 13.7 Å². The highest BCUT2D eigenvalue weighted by Gasteiger charge is 2.06. The van der Waals surface area contributed by atoms with Crippen LogP contribution >= 0.6 is 0 Å². The molecule has 1 aromatic carbocycles. The topological polar surface area (TPSA) is 38.5 Å². The van der Waals surface area contributed by atoms with Gasteiger partial charge in [-0.15, -0.1) is 0 Å². The molecule has 0 aromatic heterocycles. The van der Waals surface area contributed by atoms with Crippen LogP contribution in [0.3, 0.4) is 0 Å². The average molecular weight is 180 g/mol. The summed E-state index contributed by atoms with van der Waals surface area (Å²) in [5.41, 5.74) is 8.68. The molecule has 3 nitrogen and oxygen atoms in total. The lowest BCUT2D eigenvalue weighted by Crippen LogP contribution is -2.21. The van der Waals surface area contributed by atoms with Crippen molar-refractivity contribution < 1.29 is 4.84 Å². The van der Waals surface area contributed by atoms with Gasteiger partial charge in [-0.2, -0.15) is 0 Å². The van der Waals surface area contributed by atoms with Crippen LogP contribution in [0.5, 0.6) is 0 Å². The van der Waals surface area contributed by atoms with Gasteiger partial charge in [0.2, 0.25) is 0 Å². The van der Waals surface area contributed by atoms with Crippen LogP contribution in [0.25, 0.3) is 0 Å². The van der Waals surface area contributed by atoms with Crippen molar-refractivity contribution >= 4 is 11.4 Å². The zero-order valence-electron chi connectivity index (χ0n) is 8.37. The Morgan fingerprint density at radius 2 is 2.15 bits per heavy atom. The minimum absolute atomic E-state index is 0.745. The van der Waals surface area contributed by atoms with E-state index in [9.17, 15) is 0 Å². The third-order valence-corrected chi connectivity index (χ3v) is 1.96. The van der Waals surface area contributed by atoms with Gasteiger partial charge in [0.1, 0.15) is 0 Å². The predicted octanol–water partition coefficient (Wildman–Crippen LogP) is 1.96. The highest BCUT2D eigenvalue weighted by molar-refractivity contribution is 5.67. The molecule has 0 saturated heterocycles. The van der Waals surface area contributed by atoms with E-state index in [1.807, 2.05) is 32.0 Å². The predicted molar refractivity (Wildman–Crippen MR) is 55.6 cm³/mol. The van der Waals surface area contributed by atoms with Crippen molar-refractivity contribution in [3.8, 4) is 0 Å². The van der Waals surface area contributed by atoms with Gasteiger partial charge in [0.05, 0.1) is 18.5 Å². The molecule has 0 spiro atoms. The number of rotatable bonds is 3. The Labute approximate surface area is 79.1 Å². The number of aryl methyl sites for hydroxylation is 1. The highest BCUT2D eigenvalue weighted by atomic mass is 16.7. The molecule has 0 amide bonds. The Bertz CT molecular complexity index is 282. The van der Waals surface area contributed by atoms with Gasteiger partial charge in [0.15, 0.2) is 0 Å². The zero-order chi connectivity index (χ0) is 9.84. The first-order valence-electron chi connectivity index (χ1n) is 4.36. The van der Waals surface area contributed by atoms with E-state index >= 15 is 0 Å². The SMILES string of the molecule is CCN(OC)c1cc(C)ccc1N. The third kappa shape index (κ3) is 2.12. The van der Waals surface area contributed by atoms with Gasteiger partial charge < -0.3 is 5.73 Å². The normalized spacial score (nSPS) is 10.1. The second-order valence-corrected chi connectivity index (χ2v) is 2.94. The summed E-state index contributed by atoms with van der Waals surface area (Å²) in [4.78, 5) is 5.17. The number of benzene rings is 1. The van der Waals surface area contributed by atoms with E-state index in [2.05, 4.69) is 0 Å². The smallest absolute Gasteiger partial charge is 0.0868 e. The molecule has 0 aliphatic carbocycles. The van der Waals surface area contributed by atoms with Crippen LogP contribution in [0, 0.1) is 6.92 Å². The van der Waals surface area contributed by atoms with E-state index in [1.54, 1.807) is 12.2 Å². The molecule has 1 aromatic rings. The fourth-order valence-electron chi connectivity index (χ4n) is 1.27. The molecule has 0 aliphatic rings. The summed E-state index contributed by atoms with van der Waals surface area (Å²) in [7, 11) is 1.64. The first-order valence-corrected chi connectivity index (χ1v) is 4.36. The molecule has 0 bridgehead atoms. The van der Waals surface area contributed by atoms with Crippen LogP contribution in [-0.2, 0) is 4.84 Å². The molecular formula is C10H16N2O. The van der Waals surface area contributed by atoms with Crippen LogP contribution < -0.4 is 10.8 Å². The van der Waals surface area contributed by atoms with Gasteiger partial charge in [0, 0.05) is 6.54 Å². The number of anilines is 2. The lowest BCUT2D eigenvalue weighted by Gasteiger charge is -2.21. The Balaban J connectivity index is 3.03. The third-order valence-electron chi connectivity index (χ3n) is 1.96. The molecule has 1 rings (SSSR count). The summed E-state index contributed by atoms with van der Waals surface area (Å²) >= 11 is 0. The Kier molecular flexibility index (Phi) is 3.14. The summed E-state index contributed by atoms with van der Waals surface area (Å²) in [6.45, 7) is 4.84. The second kappa shape index (κ2) is 4.14. The molecule has 0 radical (unpaired) electrons. The lowest BCUT2D eigenvalue weighted by molar-refractivity contribution is 0.171. The Hall–Kier alpha value is -1.22. The molecule has 3 heteroatoms. The maximum absolute atomic E-state index is 5.82. The Morgan fingerprint density at radius 3 is 2.69 bits per heavy atom. The first kappa shape index (κ1) is 9.86. The van der Waals surface area contributed by atoms with Crippen molar-refractivity contribution in [1.82, 2.24) is 0 Å². The number of nitrogens with two attached hydrogens (primary N) is 1. The van der Waals surface area contributed by atoms with E-state index in [0.717, 1.165) is 17.9 Å². The van der Waals surface area contributed by atoms with Crippen molar-refractivity contribution in [1.29, 1.82) is 0 Å². The van der Waals surface area contributed by atoms with Crippen LogP contribution in [0.15, 0.2) is 18.2 Å². The van der Waals surface area contributed by atoms with E-state index in [-0.39, 0.29) is 0 Å². The number of nitrogen functional groups attached to an aromatic ring is 1. The molecule has 0 heterocycles. The van der Waals surface area contributed by atoms with E-state index in [4.69, 9.17) is 10.6 Å². The number of nitrogens with zero attached hydrogens (tertiary/aromatic N) is 1. The summed E-state index contributed by atoms with van der Waals surface area (Å²) in [5.74, 6) is 0. The quantitative estimate of drug-likeness (QED) is 0.571. The lowest BCUT2D eigenvalue weighted by atomic mass is 10.2. The second-order valence-electron chi connectivity index (χ2n) is 2.94. The maximum Gasteiger partial charge on any atom is 0.0868 e. The molecular weight excluding hydrogens is 164 g/mol. The number of hydrogen-bond donors (Lipinski definition) is 1. The summed E-state index contributed by atoms with van der Waals surface area (Å²) in [5, 5.41) is 1.77. The summed E-state index contributed by atoms with van der Waals surface area (Å²) in [6.07, 6.45) is 0. The maximum atomic E-state index is 5.82. The summed E-state index contributed by atoms with van der Waals surface area (Å²) < 4.78 is 0. The number of hydroxylamine groups is 1. The van der Waals surface area contributed by atoms with Crippen LogP contribution in [0.4, 0.5) is 11.4 Å². The summed E-state index contributed by atoms with van der Waals surface area (Å²) in [6, 6.07) is 5.90. The van der Waals surface area contributed by atoms with Gasteiger partial charge in [-0.05, 0) is 31.5 Å². The standard InChI is InChI=1S/C10H16N2O/c1-4-12(13-3)10-7-8(2)5-6-9(10)11/h5-7H,4,11H2,1-3H3. The van der Waals surface area contributed by atoms with Crippen LogP contribution in [0.2, 0.25) is 0 Å². The van der Waals surface area contributed by atoms with Crippen molar-refractivity contribution in [2.24, 2.45) is 0 Å². The minimum Gasteiger partial charge on any atom is -0.397 e. The molecule has 2 N–H and O–H groups in total. The van der Waals surface area contributed by atoms with Crippen molar-refractivity contribution in [2.45, 2.75) is 13.8 Å². The molecule has 0 saturated carbocycles. The van der Waals surface area contributed by atoms with E-state index < -0.39 is 0 Å². The largest absolute Gasteiger partial charge is 0.397 e. The molecule has 13 heavy (non-hydrogen) atoms. The van der Waals surface area contributed by atoms with Gasteiger partial charge in [-0.3, -0.25) is 9.90 Å². The van der Waals surface area contributed by atoms with Crippen molar-refractivity contribution in [3.63, 3.8) is 0 Å². The van der Waals surface area contributed by atoms with E-state index in [0.29, 0.717) is 0 Å². The fourth-order valence-corrected chi connectivity index (χ4v) is 1.27. The zero-order valence-corrected chi connectivity index (χ0v) is 8.37.